The Hall–Kier alpha value is -4.39. The van der Waals surface area contributed by atoms with Crippen LogP contribution in [0.3, 0.4) is 0 Å². The average molecular weight is 789 g/mol. The Labute approximate surface area is 355 Å². The van der Waals surface area contributed by atoms with Crippen molar-refractivity contribution in [1.29, 1.82) is 0 Å². The van der Waals surface area contributed by atoms with Crippen LogP contribution in [-0.2, 0) is 9.47 Å². The van der Waals surface area contributed by atoms with Gasteiger partial charge in [0.25, 0.3) is 0 Å². The Morgan fingerprint density at radius 2 is 1.00 bits per heavy atom. The zero-order valence-corrected chi connectivity index (χ0v) is 34.6. The van der Waals surface area contributed by atoms with Crippen LogP contribution in [0.2, 0.25) is 5.02 Å². The monoisotopic (exact) mass is 788 g/mol. The summed E-state index contributed by atoms with van der Waals surface area (Å²) in [6, 6.07) is 35.1. The largest absolute Gasteiger partial charge is 1.00 e. The van der Waals surface area contributed by atoms with Gasteiger partial charge in [-0.3, -0.25) is 9.97 Å². The molecule has 2 aromatic heterocycles. The molecule has 1 N–H and O–H groups in total. The second kappa shape index (κ2) is 21.8. The van der Waals surface area contributed by atoms with Crippen molar-refractivity contribution >= 4 is 17.3 Å². The molecule has 2 aliphatic rings. The first-order valence-corrected chi connectivity index (χ1v) is 18.5. The molecule has 0 aliphatic carbocycles. The van der Waals surface area contributed by atoms with E-state index in [1.54, 1.807) is 24.3 Å². The van der Waals surface area contributed by atoms with Crippen molar-refractivity contribution in [2.45, 2.75) is 13.8 Å². The first kappa shape index (κ1) is 42.7. The van der Waals surface area contributed by atoms with Gasteiger partial charge in [-0.15, -0.1) is 0 Å². The molecule has 2 saturated heterocycles. The number of halogens is 3. The first-order chi connectivity index (χ1) is 26.8. The summed E-state index contributed by atoms with van der Waals surface area (Å²) in [6.45, 7) is 11.1. The van der Waals surface area contributed by atoms with Crippen molar-refractivity contribution in [3.63, 3.8) is 0 Å². The summed E-state index contributed by atoms with van der Waals surface area (Å²) in [5.74, 6) is 2.00. The number of pyridine rings is 2. The molecular formula is C44H44ClF2N4NaO4. The average Bonchev–Trinajstić information content (AvgIpc) is 3.21. The zero-order chi connectivity index (χ0) is 38.4. The van der Waals surface area contributed by atoms with Gasteiger partial charge in [-0.2, -0.15) is 0 Å². The Kier molecular flexibility index (Phi) is 16.6. The van der Waals surface area contributed by atoms with E-state index in [4.69, 9.17) is 30.5 Å². The van der Waals surface area contributed by atoms with Crippen LogP contribution in [0.1, 0.15) is 12.8 Å². The fraction of sp³-hybridized carbons (Fsp3) is 0.227. The maximum Gasteiger partial charge on any atom is 1.00 e. The maximum absolute atomic E-state index is 13.0. The van der Waals surface area contributed by atoms with Crippen molar-refractivity contribution < 1.29 is 58.7 Å². The van der Waals surface area contributed by atoms with Crippen LogP contribution in [0.15, 0.2) is 121 Å². The minimum absolute atomic E-state index is 0. The predicted molar refractivity (Wildman–Crippen MR) is 215 cm³/mol. The molecule has 8 rings (SSSR count). The normalized spacial score (nSPS) is 13.6. The van der Waals surface area contributed by atoms with Crippen LogP contribution >= 0.6 is 11.6 Å². The number of benzene rings is 4. The van der Waals surface area contributed by atoms with E-state index in [-0.39, 0.29) is 42.6 Å². The van der Waals surface area contributed by atoms with Crippen LogP contribution in [-0.4, -0.2) is 62.6 Å². The van der Waals surface area contributed by atoms with Gasteiger partial charge in [0.15, 0.2) is 0 Å². The van der Waals surface area contributed by atoms with Gasteiger partial charge >= 0.3 is 29.6 Å². The fourth-order valence-electron chi connectivity index (χ4n) is 5.76. The van der Waals surface area contributed by atoms with E-state index < -0.39 is 0 Å². The molecule has 0 atom stereocenters. The number of ether oxygens (including phenoxy) is 4. The van der Waals surface area contributed by atoms with Gasteiger partial charge in [-0.25, -0.2) is 8.78 Å². The number of nitrogens with one attached hydrogen (secondary N) is 1. The molecule has 8 nitrogen and oxygen atoms in total. The number of morpholine rings is 2. The van der Waals surface area contributed by atoms with Gasteiger partial charge in [0.2, 0.25) is 0 Å². The number of aromatic nitrogens is 2. The summed E-state index contributed by atoms with van der Waals surface area (Å²) in [6.07, 6.45) is 0. The molecule has 0 saturated carbocycles. The minimum atomic E-state index is -0.287. The van der Waals surface area contributed by atoms with E-state index in [1.165, 1.54) is 30.0 Å². The van der Waals surface area contributed by atoms with E-state index in [1.807, 2.05) is 74.5 Å². The molecule has 0 bridgehead atoms. The SMILES string of the molecule is C1COCCN1.Cc1cc(Cl)cc(-c2ccc(Oc3ccc(F)cc3)cc2)n1.Cc1cc(N2CCOCC2)cc(-c2ccc(Oc3ccc(F)cc3)cc2)n1.[H-].[Na+]. The molecule has 4 heterocycles. The molecular weight excluding hydrogens is 745 g/mol. The Bertz CT molecular complexity index is 2080. The molecule has 286 valence electrons. The van der Waals surface area contributed by atoms with Gasteiger partial charge in [0, 0.05) is 59.4 Å². The number of rotatable bonds is 7. The van der Waals surface area contributed by atoms with E-state index in [2.05, 4.69) is 32.3 Å². The molecule has 0 unspecified atom stereocenters. The smallest absolute Gasteiger partial charge is 1.00 e. The summed E-state index contributed by atoms with van der Waals surface area (Å²) in [7, 11) is 0. The predicted octanol–water partition coefficient (Wildman–Crippen LogP) is 7.19. The van der Waals surface area contributed by atoms with Crippen LogP contribution in [0.5, 0.6) is 23.0 Å². The van der Waals surface area contributed by atoms with Crippen LogP contribution in [0.4, 0.5) is 14.5 Å². The van der Waals surface area contributed by atoms with Crippen LogP contribution < -0.4 is 49.2 Å². The molecule has 4 aromatic carbocycles. The first-order valence-electron chi connectivity index (χ1n) is 18.1. The summed E-state index contributed by atoms with van der Waals surface area (Å²) in [4.78, 5) is 11.5. The van der Waals surface area contributed by atoms with E-state index in [9.17, 15) is 8.78 Å². The quantitative estimate of drug-likeness (QED) is 0.171. The van der Waals surface area contributed by atoms with Gasteiger partial charge < -0.3 is 30.6 Å². The Balaban J connectivity index is 0.000000216. The van der Waals surface area contributed by atoms with Crippen LogP contribution in [0.25, 0.3) is 22.5 Å². The topological polar surface area (TPSA) is 78.0 Å². The second-order valence-corrected chi connectivity index (χ2v) is 13.2. The van der Waals surface area contributed by atoms with Gasteiger partial charge in [0.05, 0.1) is 37.8 Å². The standard InChI is InChI=1S/C22H21FN2O2.C18H13ClFNO.C4H9NO.Na.H/c1-16-14-19(25-10-12-26-13-11-25)15-22(24-16)17-2-6-20(7-3-17)27-21-8-4-18(23)5-9-21;1-12-10-14(19)11-18(21-12)13-2-6-16(7-3-13)22-17-8-4-15(20)5-9-17;1-3-6-4-2-5-1;;/h2-9,14-15H,10-13H2,1H3;2-11H,1H3;5H,1-4H2;;/q;;;+1;-1. The fourth-order valence-corrected chi connectivity index (χ4v) is 6.02. The molecule has 2 aliphatic heterocycles. The second-order valence-electron chi connectivity index (χ2n) is 12.8. The van der Waals surface area contributed by atoms with Gasteiger partial charge in [-0.05, 0) is 135 Å². The molecule has 0 radical (unpaired) electrons. The molecule has 0 spiro atoms. The van der Waals surface area contributed by atoms with Gasteiger partial charge in [0.1, 0.15) is 34.6 Å². The summed E-state index contributed by atoms with van der Waals surface area (Å²) in [5.41, 5.74) is 6.77. The third-order valence-electron chi connectivity index (χ3n) is 8.48. The van der Waals surface area contributed by atoms with Crippen molar-refractivity contribution in [2.24, 2.45) is 0 Å². The zero-order valence-electron chi connectivity index (χ0n) is 32.8. The summed E-state index contributed by atoms with van der Waals surface area (Å²) in [5, 5.41) is 3.82. The van der Waals surface area contributed by atoms with E-state index >= 15 is 0 Å². The molecule has 0 amide bonds. The van der Waals surface area contributed by atoms with Gasteiger partial charge in [-0.1, -0.05) is 11.6 Å². The van der Waals surface area contributed by atoms with Crippen molar-refractivity contribution in [3.8, 4) is 45.5 Å². The number of hydrogen-bond donors (Lipinski definition) is 1. The van der Waals surface area contributed by atoms with E-state index in [0.717, 1.165) is 86.5 Å². The molecule has 6 aromatic rings. The third kappa shape index (κ3) is 13.4. The Morgan fingerprint density at radius 1 is 0.589 bits per heavy atom. The summed E-state index contributed by atoms with van der Waals surface area (Å²) < 4.78 is 47.7. The van der Waals surface area contributed by atoms with Crippen molar-refractivity contribution in [3.05, 3.63) is 149 Å². The summed E-state index contributed by atoms with van der Waals surface area (Å²) >= 11 is 6.06. The van der Waals surface area contributed by atoms with E-state index in [0.29, 0.717) is 28.0 Å². The maximum atomic E-state index is 13.0. The Morgan fingerprint density at radius 3 is 1.41 bits per heavy atom. The number of nitrogens with zero attached hydrogens (tertiary/aromatic N) is 3. The minimum Gasteiger partial charge on any atom is -1.00 e. The molecule has 56 heavy (non-hydrogen) atoms. The third-order valence-corrected chi connectivity index (χ3v) is 8.70. The number of anilines is 1. The van der Waals surface area contributed by atoms with Crippen molar-refractivity contribution in [1.82, 2.24) is 15.3 Å². The molecule has 2 fully saturated rings. The van der Waals surface area contributed by atoms with Crippen LogP contribution in [0, 0.1) is 25.5 Å². The molecule has 12 heteroatoms. The number of aryl methyl sites for hydroxylation is 2. The number of hydrogen-bond acceptors (Lipinski definition) is 8. The van der Waals surface area contributed by atoms with Crippen molar-refractivity contribution in [2.75, 3.05) is 57.5 Å².